The van der Waals surface area contributed by atoms with E-state index in [9.17, 15) is 0 Å². The Morgan fingerprint density at radius 1 is 1.59 bits per heavy atom. The zero-order chi connectivity index (χ0) is 12.8. The Hall–Kier alpha value is -1.62. The van der Waals surface area contributed by atoms with E-state index in [-0.39, 0.29) is 5.84 Å². The number of nitrogen functional groups attached to an aromatic ring is 1. The number of aromatic nitrogens is 1. The van der Waals surface area contributed by atoms with Crippen molar-refractivity contribution in [1.29, 1.82) is 5.41 Å². The molecule has 1 aromatic heterocycles. The first-order chi connectivity index (χ1) is 8.06. The van der Waals surface area contributed by atoms with Gasteiger partial charge in [-0.25, -0.2) is 0 Å². The molecule has 94 valence electrons. The maximum Gasteiger partial charge on any atom is 0.141 e. The Kier molecular flexibility index (Phi) is 4.90. The number of methoxy groups -OCH3 is 1. The first-order valence-electron chi connectivity index (χ1n) is 5.62. The molecule has 1 rings (SSSR count). The molecular weight excluding hydrogens is 216 g/mol. The molecule has 0 atom stereocenters. The number of rotatable bonds is 6. The van der Waals surface area contributed by atoms with Crippen LogP contribution in [0.15, 0.2) is 18.3 Å². The smallest absolute Gasteiger partial charge is 0.141 e. The van der Waals surface area contributed by atoms with E-state index < -0.39 is 0 Å². The van der Waals surface area contributed by atoms with Crippen LogP contribution in [0, 0.1) is 5.41 Å². The molecule has 0 amide bonds. The van der Waals surface area contributed by atoms with E-state index in [4.69, 9.17) is 15.9 Å². The van der Waals surface area contributed by atoms with Crippen LogP contribution in [-0.4, -0.2) is 37.1 Å². The number of anilines is 1. The molecule has 0 bridgehead atoms. The summed E-state index contributed by atoms with van der Waals surface area (Å²) in [5.74, 6) is -0.0118. The number of hydrogen-bond acceptors (Lipinski definition) is 4. The number of nitrogens with one attached hydrogen (secondary N) is 1. The molecule has 1 heterocycles. The van der Waals surface area contributed by atoms with Gasteiger partial charge in [0.05, 0.1) is 6.61 Å². The first-order valence-corrected chi connectivity index (χ1v) is 5.62. The second-order valence-electron chi connectivity index (χ2n) is 4.09. The Morgan fingerprint density at radius 2 is 2.29 bits per heavy atom. The molecule has 0 aliphatic heterocycles. The number of ether oxygens (including phenoxy) is 1. The predicted molar refractivity (Wildman–Crippen MR) is 69.6 cm³/mol. The largest absolute Gasteiger partial charge is 0.383 e. The number of hydrogen-bond donors (Lipinski definition) is 2. The molecule has 5 heteroatoms. The molecule has 0 aromatic carbocycles. The van der Waals surface area contributed by atoms with Gasteiger partial charge in [0, 0.05) is 31.6 Å². The van der Waals surface area contributed by atoms with E-state index in [0.29, 0.717) is 18.3 Å². The molecule has 0 spiro atoms. The second kappa shape index (κ2) is 6.20. The Morgan fingerprint density at radius 3 is 2.82 bits per heavy atom. The van der Waals surface area contributed by atoms with Crippen molar-refractivity contribution in [1.82, 2.24) is 4.98 Å². The van der Waals surface area contributed by atoms with Gasteiger partial charge in [0.1, 0.15) is 11.5 Å². The van der Waals surface area contributed by atoms with Crippen LogP contribution in [0.5, 0.6) is 0 Å². The zero-order valence-corrected chi connectivity index (χ0v) is 10.6. The van der Waals surface area contributed by atoms with Crippen LogP contribution in [0.2, 0.25) is 0 Å². The Labute approximate surface area is 102 Å². The number of nitrogens with zero attached hydrogens (tertiary/aromatic N) is 2. The number of amidine groups is 1. The highest BCUT2D eigenvalue weighted by Crippen LogP contribution is 2.17. The zero-order valence-electron chi connectivity index (χ0n) is 10.6. The molecule has 17 heavy (non-hydrogen) atoms. The second-order valence-corrected chi connectivity index (χ2v) is 4.09. The van der Waals surface area contributed by atoms with Crippen LogP contribution in [-0.2, 0) is 4.74 Å². The van der Waals surface area contributed by atoms with Crippen molar-refractivity contribution in [3.8, 4) is 0 Å². The fraction of sp³-hybridized carbons (Fsp3) is 0.500. The standard InChI is InChI=1S/C12H20N4O/c1-9(2)16(6-7-17-3)10-4-5-15-11(8-10)12(13)14/h4-5,8-9H,6-7H2,1-3H3,(H3,13,14). The van der Waals surface area contributed by atoms with Crippen molar-refractivity contribution in [2.75, 3.05) is 25.2 Å². The molecule has 0 aliphatic carbocycles. The minimum Gasteiger partial charge on any atom is -0.383 e. The van der Waals surface area contributed by atoms with E-state index in [0.717, 1.165) is 12.2 Å². The van der Waals surface area contributed by atoms with Crippen LogP contribution in [0.4, 0.5) is 5.69 Å². The monoisotopic (exact) mass is 236 g/mol. The van der Waals surface area contributed by atoms with E-state index >= 15 is 0 Å². The Bertz CT molecular complexity index is 379. The van der Waals surface area contributed by atoms with Crippen LogP contribution in [0.3, 0.4) is 0 Å². The molecule has 1 aromatic rings. The quantitative estimate of drug-likeness (QED) is 0.575. The topological polar surface area (TPSA) is 75.2 Å². The highest BCUT2D eigenvalue weighted by molar-refractivity contribution is 5.93. The van der Waals surface area contributed by atoms with Crippen molar-refractivity contribution in [2.24, 2.45) is 5.73 Å². The van der Waals surface area contributed by atoms with E-state index in [1.165, 1.54) is 0 Å². The molecular formula is C12H20N4O. The lowest BCUT2D eigenvalue weighted by molar-refractivity contribution is 0.204. The van der Waals surface area contributed by atoms with E-state index in [1.807, 2.05) is 12.1 Å². The SMILES string of the molecule is COCCN(c1ccnc(C(=N)N)c1)C(C)C. The van der Waals surface area contributed by atoms with E-state index in [1.54, 1.807) is 13.3 Å². The van der Waals surface area contributed by atoms with Crippen molar-refractivity contribution in [3.05, 3.63) is 24.0 Å². The first kappa shape index (κ1) is 13.4. The number of nitrogens with two attached hydrogens (primary N) is 1. The van der Waals surface area contributed by atoms with Gasteiger partial charge in [-0.1, -0.05) is 0 Å². The van der Waals surface area contributed by atoms with Crippen molar-refractivity contribution >= 4 is 11.5 Å². The molecule has 0 unspecified atom stereocenters. The minimum atomic E-state index is -0.0118. The third kappa shape index (κ3) is 3.71. The lowest BCUT2D eigenvalue weighted by atomic mass is 10.2. The fourth-order valence-corrected chi connectivity index (χ4v) is 1.62. The molecule has 0 saturated carbocycles. The average Bonchev–Trinajstić information content (AvgIpc) is 2.29. The van der Waals surface area contributed by atoms with Crippen LogP contribution in [0.25, 0.3) is 0 Å². The number of pyridine rings is 1. The highest BCUT2D eigenvalue weighted by atomic mass is 16.5. The van der Waals surface area contributed by atoms with Gasteiger partial charge in [0.15, 0.2) is 0 Å². The molecule has 5 nitrogen and oxygen atoms in total. The van der Waals surface area contributed by atoms with Gasteiger partial charge in [-0.2, -0.15) is 0 Å². The summed E-state index contributed by atoms with van der Waals surface area (Å²) in [5, 5.41) is 7.39. The molecule has 0 aliphatic rings. The third-order valence-corrected chi connectivity index (χ3v) is 2.51. The molecule has 0 saturated heterocycles. The maximum atomic E-state index is 7.39. The highest BCUT2D eigenvalue weighted by Gasteiger charge is 2.11. The van der Waals surface area contributed by atoms with Crippen molar-refractivity contribution < 1.29 is 4.74 Å². The predicted octanol–water partition coefficient (Wildman–Crippen LogP) is 1.23. The van der Waals surface area contributed by atoms with Gasteiger partial charge in [-0.3, -0.25) is 10.4 Å². The summed E-state index contributed by atoms with van der Waals surface area (Å²) >= 11 is 0. The van der Waals surface area contributed by atoms with Gasteiger partial charge in [0.25, 0.3) is 0 Å². The lowest BCUT2D eigenvalue weighted by Gasteiger charge is -2.28. The molecule has 3 N–H and O–H groups in total. The van der Waals surface area contributed by atoms with Crippen LogP contribution in [0.1, 0.15) is 19.5 Å². The fourth-order valence-electron chi connectivity index (χ4n) is 1.62. The summed E-state index contributed by atoms with van der Waals surface area (Å²) in [6.07, 6.45) is 1.67. The summed E-state index contributed by atoms with van der Waals surface area (Å²) in [5.41, 5.74) is 6.95. The van der Waals surface area contributed by atoms with Gasteiger partial charge in [-0.05, 0) is 26.0 Å². The Balaban J connectivity index is 2.93. The van der Waals surface area contributed by atoms with Crippen molar-refractivity contribution in [2.45, 2.75) is 19.9 Å². The maximum absolute atomic E-state index is 7.39. The van der Waals surface area contributed by atoms with Crippen LogP contribution < -0.4 is 10.6 Å². The molecule has 0 radical (unpaired) electrons. The van der Waals surface area contributed by atoms with Gasteiger partial charge >= 0.3 is 0 Å². The van der Waals surface area contributed by atoms with Crippen LogP contribution >= 0.6 is 0 Å². The van der Waals surface area contributed by atoms with E-state index in [2.05, 4.69) is 23.7 Å². The molecule has 0 fully saturated rings. The lowest BCUT2D eigenvalue weighted by Crippen LogP contribution is -2.34. The van der Waals surface area contributed by atoms with Gasteiger partial charge in [0.2, 0.25) is 0 Å². The summed E-state index contributed by atoms with van der Waals surface area (Å²) in [6, 6.07) is 4.10. The van der Waals surface area contributed by atoms with Crippen molar-refractivity contribution in [3.63, 3.8) is 0 Å². The average molecular weight is 236 g/mol. The van der Waals surface area contributed by atoms with Gasteiger partial charge in [-0.15, -0.1) is 0 Å². The summed E-state index contributed by atoms with van der Waals surface area (Å²) < 4.78 is 5.10. The summed E-state index contributed by atoms with van der Waals surface area (Å²) in [7, 11) is 1.69. The third-order valence-electron chi connectivity index (χ3n) is 2.51. The van der Waals surface area contributed by atoms with Gasteiger partial charge < -0.3 is 15.4 Å². The summed E-state index contributed by atoms with van der Waals surface area (Å²) in [4.78, 5) is 6.25. The normalized spacial score (nSPS) is 10.6. The summed E-state index contributed by atoms with van der Waals surface area (Å²) in [6.45, 7) is 5.69. The minimum absolute atomic E-state index is 0.0118.